The molecule has 17 heavy (non-hydrogen) atoms. The minimum Gasteiger partial charge on any atom is -0.390 e. The quantitative estimate of drug-likeness (QED) is 0.840. The molecule has 1 aromatic carbocycles. The van der Waals surface area contributed by atoms with E-state index in [1.54, 1.807) is 0 Å². The predicted octanol–water partition coefficient (Wildman–Crippen LogP) is 2.35. The Labute approximate surface area is 104 Å². The molecule has 2 N–H and O–H groups in total. The van der Waals surface area contributed by atoms with Gasteiger partial charge in [0.15, 0.2) is 0 Å². The van der Waals surface area contributed by atoms with Crippen molar-refractivity contribution in [2.45, 2.75) is 45.1 Å². The molecule has 94 valence electrons. The van der Waals surface area contributed by atoms with Crippen LogP contribution in [0.4, 0.5) is 0 Å². The van der Waals surface area contributed by atoms with E-state index in [1.807, 2.05) is 0 Å². The fraction of sp³-hybridized carbons (Fsp3) is 0.600. The van der Waals surface area contributed by atoms with E-state index < -0.39 is 5.60 Å². The fourth-order valence-electron chi connectivity index (χ4n) is 2.64. The first-order chi connectivity index (χ1) is 8.09. The minimum atomic E-state index is -0.442. The van der Waals surface area contributed by atoms with Gasteiger partial charge in [-0.2, -0.15) is 0 Å². The summed E-state index contributed by atoms with van der Waals surface area (Å²) in [6.45, 7) is 6.18. The van der Waals surface area contributed by atoms with Gasteiger partial charge in [-0.15, -0.1) is 0 Å². The van der Waals surface area contributed by atoms with Crippen molar-refractivity contribution >= 4 is 0 Å². The standard InChI is InChI=1S/C15H23NO/c1-12-3-4-14(13(2)11-12)5-6-15(17)7-9-16-10-8-15/h3-4,11,16-17H,5-10H2,1-2H3. The molecule has 0 unspecified atom stereocenters. The molecule has 1 heterocycles. The zero-order valence-electron chi connectivity index (χ0n) is 10.9. The van der Waals surface area contributed by atoms with E-state index in [0.717, 1.165) is 38.8 Å². The van der Waals surface area contributed by atoms with E-state index in [-0.39, 0.29) is 0 Å². The number of benzene rings is 1. The number of nitrogens with one attached hydrogen (secondary N) is 1. The lowest BCUT2D eigenvalue weighted by atomic mass is 9.86. The average molecular weight is 233 g/mol. The minimum absolute atomic E-state index is 0.442. The number of hydrogen-bond donors (Lipinski definition) is 2. The van der Waals surface area contributed by atoms with E-state index in [0.29, 0.717) is 0 Å². The lowest BCUT2D eigenvalue weighted by Gasteiger charge is -2.32. The monoisotopic (exact) mass is 233 g/mol. The van der Waals surface area contributed by atoms with Gasteiger partial charge in [0.05, 0.1) is 5.60 Å². The fourth-order valence-corrected chi connectivity index (χ4v) is 2.64. The lowest BCUT2D eigenvalue weighted by molar-refractivity contribution is 0.00279. The maximum Gasteiger partial charge on any atom is 0.0675 e. The van der Waals surface area contributed by atoms with E-state index in [4.69, 9.17) is 0 Å². The summed E-state index contributed by atoms with van der Waals surface area (Å²) in [5.41, 5.74) is 3.60. The Morgan fingerprint density at radius 2 is 1.94 bits per heavy atom. The van der Waals surface area contributed by atoms with Gasteiger partial charge in [0, 0.05) is 0 Å². The Kier molecular flexibility index (Phi) is 3.85. The molecule has 0 amide bonds. The zero-order chi connectivity index (χ0) is 12.3. The Morgan fingerprint density at radius 1 is 1.24 bits per heavy atom. The van der Waals surface area contributed by atoms with Crippen molar-refractivity contribution in [3.05, 3.63) is 34.9 Å². The van der Waals surface area contributed by atoms with Gasteiger partial charge in [-0.25, -0.2) is 0 Å². The van der Waals surface area contributed by atoms with Crippen molar-refractivity contribution in [3.63, 3.8) is 0 Å². The zero-order valence-corrected chi connectivity index (χ0v) is 10.9. The third-order valence-corrected chi connectivity index (χ3v) is 3.89. The molecule has 0 aromatic heterocycles. The van der Waals surface area contributed by atoms with Crippen LogP contribution in [0.15, 0.2) is 18.2 Å². The van der Waals surface area contributed by atoms with Crippen LogP contribution in [0.1, 0.15) is 36.0 Å². The van der Waals surface area contributed by atoms with Gasteiger partial charge in [-0.05, 0) is 63.7 Å². The number of rotatable bonds is 3. The normalized spacial score (nSPS) is 19.2. The summed E-state index contributed by atoms with van der Waals surface area (Å²) >= 11 is 0. The van der Waals surface area contributed by atoms with Gasteiger partial charge < -0.3 is 10.4 Å². The molecule has 2 rings (SSSR count). The summed E-state index contributed by atoms with van der Waals surface area (Å²) in [5.74, 6) is 0. The van der Waals surface area contributed by atoms with E-state index >= 15 is 0 Å². The highest BCUT2D eigenvalue weighted by Crippen LogP contribution is 2.25. The molecule has 1 fully saturated rings. The van der Waals surface area contributed by atoms with Crippen LogP contribution in [0, 0.1) is 13.8 Å². The van der Waals surface area contributed by atoms with Crippen LogP contribution in [0.25, 0.3) is 0 Å². The summed E-state index contributed by atoms with van der Waals surface area (Å²) < 4.78 is 0. The summed E-state index contributed by atoms with van der Waals surface area (Å²) in [6.07, 6.45) is 3.65. The Balaban J connectivity index is 1.97. The molecule has 0 aliphatic carbocycles. The first kappa shape index (κ1) is 12.6. The van der Waals surface area contributed by atoms with Crippen LogP contribution in [0.5, 0.6) is 0 Å². The SMILES string of the molecule is Cc1ccc(CCC2(O)CCNCC2)c(C)c1. The lowest BCUT2D eigenvalue weighted by Crippen LogP contribution is -2.42. The van der Waals surface area contributed by atoms with Gasteiger partial charge >= 0.3 is 0 Å². The van der Waals surface area contributed by atoms with Crippen molar-refractivity contribution in [2.24, 2.45) is 0 Å². The molecule has 1 aliphatic rings. The first-order valence-corrected chi connectivity index (χ1v) is 6.58. The van der Waals surface area contributed by atoms with Crippen LogP contribution >= 0.6 is 0 Å². The highest BCUT2D eigenvalue weighted by Gasteiger charge is 2.28. The van der Waals surface area contributed by atoms with Crippen molar-refractivity contribution in [1.29, 1.82) is 0 Å². The smallest absolute Gasteiger partial charge is 0.0675 e. The molecule has 0 spiro atoms. The molecule has 1 aliphatic heterocycles. The Hall–Kier alpha value is -0.860. The highest BCUT2D eigenvalue weighted by atomic mass is 16.3. The number of aryl methyl sites for hydroxylation is 3. The molecule has 1 aromatic rings. The van der Waals surface area contributed by atoms with Gasteiger partial charge in [0.2, 0.25) is 0 Å². The van der Waals surface area contributed by atoms with E-state index in [2.05, 4.69) is 37.4 Å². The van der Waals surface area contributed by atoms with Gasteiger partial charge in [-0.1, -0.05) is 23.8 Å². The number of aliphatic hydroxyl groups is 1. The maximum absolute atomic E-state index is 10.4. The topological polar surface area (TPSA) is 32.3 Å². The van der Waals surface area contributed by atoms with E-state index in [9.17, 15) is 5.11 Å². The number of piperidine rings is 1. The van der Waals surface area contributed by atoms with Gasteiger partial charge in [0.1, 0.15) is 0 Å². The molecule has 0 atom stereocenters. The second-order valence-corrected chi connectivity index (χ2v) is 5.40. The maximum atomic E-state index is 10.4. The summed E-state index contributed by atoms with van der Waals surface area (Å²) in [6, 6.07) is 6.59. The average Bonchev–Trinajstić information content (AvgIpc) is 2.29. The molecule has 2 nitrogen and oxygen atoms in total. The van der Waals surface area contributed by atoms with Crippen LogP contribution < -0.4 is 5.32 Å². The molecular weight excluding hydrogens is 210 g/mol. The van der Waals surface area contributed by atoms with Crippen molar-refractivity contribution < 1.29 is 5.11 Å². The largest absolute Gasteiger partial charge is 0.390 e. The Bertz CT molecular complexity index is 381. The molecule has 0 bridgehead atoms. The van der Waals surface area contributed by atoms with Gasteiger partial charge in [-0.3, -0.25) is 0 Å². The van der Waals surface area contributed by atoms with Crippen molar-refractivity contribution in [3.8, 4) is 0 Å². The van der Waals surface area contributed by atoms with Crippen molar-refractivity contribution in [1.82, 2.24) is 5.32 Å². The molecule has 1 saturated heterocycles. The second-order valence-electron chi connectivity index (χ2n) is 5.40. The van der Waals surface area contributed by atoms with E-state index in [1.165, 1.54) is 16.7 Å². The van der Waals surface area contributed by atoms with Crippen LogP contribution in [0.3, 0.4) is 0 Å². The molecule has 0 radical (unpaired) electrons. The summed E-state index contributed by atoms with van der Waals surface area (Å²) in [7, 11) is 0. The highest BCUT2D eigenvalue weighted by molar-refractivity contribution is 5.30. The third kappa shape index (κ3) is 3.30. The predicted molar refractivity (Wildman–Crippen MR) is 71.3 cm³/mol. The third-order valence-electron chi connectivity index (χ3n) is 3.89. The molecular formula is C15H23NO. The molecule has 0 saturated carbocycles. The van der Waals surface area contributed by atoms with Gasteiger partial charge in [0.25, 0.3) is 0 Å². The van der Waals surface area contributed by atoms with Crippen LogP contribution in [-0.4, -0.2) is 23.8 Å². The van der Waals surface area contributed by atoms with Crippen LogP contribution in [0.2, 0.25) is 0 Å². The Morgan fingerprint density at radius 3 is 2.59 bits per heavy atom. The molecule has 2 heteroatoms. The van der Waals surface area contributed by atoms with Crippen molar-refractivity contribution in [2.75, 3.05) is 13.1 Å². The summed E-state index contributed by atoms with van der Waals surface area (Å²) in [4.78, 5) is 0. The first-order valence-electron chi connectivity index (χ1n) is 6.58. The second kappa shape index (κ2) is 5.19. The number of hydrogen-bond acceptors (Lipinski definition) is 2. The summed E-state index contributed by atoms with van der Waals surface area (Å²) in [5, 5.41) is 13.7. The van der Waals surface area contributed by atoms with Crippen LogP contribution in [-0.2, 0) is 6.42 Å².